The van der Waals surface area contributed by atoms with Gasteiger partial charge in [-0.1, -0.05) is 225 Å². The summed E-state index contributed by atoms with van der Waals surface area (Å²) in [5.74, 6) is -0.543. The molecule has 0 spiro atoms. The van der Waals surface area contributed by atoms with Crippen molar-refractivity contribution in [1.29, 1.82) is 0 Å². The minimum atomic E-state index is -4.69. The summed E-state index contributed by atoms with van der Waals surface area (Å²) in [5.41, 5.74) is 0. The number of quaternary nitrogens is 1. The molecule has 0 aliphatic heterocycles. The van der Waals surface area contributed by atoms with Crippen molar-refractivity contribution < 1.29 is 37.3 Å². The number of likely N-dealkylation sites (N-methyl/N-ethyl adjacent to an activating group) is 1. The second kappa shape index (κ2) is 47.9. The van der Waals surface area contributed by atoms with Crippen LogP contribution in [0.5, 0.6) is 0 Å². The van der Waals surface area contributed by atoms with Gasteiger partial charge >= 0.3 is 5.97 Å². The van der Waals surface area contributed by atoms with E-state index in [4.69, 9.17) is 13.8 Å². The summed E-state index contributed by atoms with van der Waals surface area (Å²) in [6, 6.07) is -0.887. The quantitative estimate of drug-likeness (QED) is 0.0212. The van der Waals surface area contributed by atoms with Crippen LogP contribution in [0.1, 0.15) is 265 Å². The van der Waals surface area contributed by atoms with Crippen LogP contribution in [0.15, 0.2) is 36.5 Å². The molecule has 9 nitrogen and oxygen atoms in total. The fourth-order valence-electron chi connectivity index (χ4n) is 8.14. The van der Waals surface area contributed by atoms with Crippen LogP contribution in [0.2, 0.25) is 0 Å². The van der Waals surface area contributed by atoms with Gasteiger partial charge in [-0.05, 0) is 63.9 Å². The third-order valence-corrected chi connectivity index (χ3v) is 13.5. The second-order valence-corrected chi connectivity index (χ2v) is 21.9. The van der Waals surface area contributed by atoms with Crippen LogP contribution in [0.3, 0.4) is 0 Å². The van der Waals surface area contributed by atoms with E-state index in [0.29, 0.717) is 17.4 Å². The number of nitrogens with one attached hydrogen (secondary N) is 1. The Hall–Kier alpha value is -1.77. The maximum Gasteiger partial charge on any atom is 0.306 e. The van der Waals surface area contributed by atoms with Gasteiger partial charge in [-0.25, -0.2) is 0 Å². The Morgan fingerprint density at radius 2 is 0.910 bits per heavy atom. The molecule has 0 fully saturated rings. The molecule has 0 aromatic rings. The molecule has 0 aromatic carbocycles. The Bertz CT molecular complexity index is 1250. The fraction of sp³-hybridized carbons (Fsp3) is 0.860. The number of hydrogen-bond donors (Lipinski definition) is 1. The molecule has 0 aliphatic carbocycles. The van der Waals surface area contributed by atoms with Gasteiger partial charge in [0, 0.05) is 12.8 Å². The molecule has 3 unspecified atom stereocenters. The molecule has 0 aromatic heterocycles. The molecule has 1 amide bonds. The van der Waals surface area contributed by atoms with Crippen molar-refractivity contribution in [3.8, 4) is 0 Å². The number of esters is 1. The second-order valence-electron chi connectivity index (χ2n) is 20.4. The number of amides is 1. The summed E-state index contributed by atoms with van der Waals surface area (Å²) >= 11 is 0. The van der Waals surface area contributed by atoms with Crippen LogP contribution in [-0.4, -0.2) is 69.4 Å². The van der Waals surface area contributed by atoms with Crippen LogP contribution in [-0.2, 0) is 27.9 Å². The molecule has 1 N–H and O–H groups in total. The molecular formula is C57H109N2O7P. The van der Waals surface area contributed by atoms with Crippen LogP contribution < -0.4 is 10.2 Å². The number of rotatable bonds is 51. The summed E-state index contributed by atoms with van der Waals surface area (Å²) < 4.78 is 30.2. The van der Waals surface area contributed by atoms with Gasteiger partial charge in [-0.3, -0.25) is 14.2 Å². The molecule has 0 radical (unpaired) electrons. The number of phosphoric ester groups is 1. The van der Waals surface area contributed by atoms with Gasteiger partial charge in [0.05, 0.1) is 33.8 Å². The van der Waals surface area contributed by atoms with Crippen molar-refractivity contribution in [2.75, 3.05) is 40.9 Å². The van der Waals surface area contributed by atoms with Gasteiger partial charge in [0.25, 0.3) is 7.82 Å². The lowest BCUT2D eigenvalue weighted by atomic mass is 10.0. The third-order valence-electron chi connectivity index (χ3n) is 12.6. The first kappa shape index (κ1) is 65.2. The van der Waals surface area contributed by atoms with Gasteiger partial charge in [0.2, 0.25) is 5.91 Å². The summed E-state index contributed by atoms with van der Waals surface area (Å²) in [5, 5.41) is 3.02. The molecule has 0 saturated heterocycles. The number of allylic oxidation sites excluding steroid dienone is 5. The molecule has 0 bridgehead atoms. The van der Waals surface area contributed by atoms with Crippen LogP contribution in [0.25, 0.3) is 0 Å². The number of nitrogens with zero attached hydrogens (tertiary/aromatic N) is 1. The number of hydrogen-bond acceptors (Lipinski definition) is 7. The molecule has 394 valence electrons. The Morgan fingerprint density at radius 3 is 1.37 bits per heavy atom. The minimum absolute atomic E-state index is 0.0221. The standard InChI is InChI=1S/C57H109N2O7P/c1-7-10-13-16-19-22-25-27-28-29-30-32-35-37-40-43-46-49-56(60)58-54(53-65-67(62,63)64-52-51-59(4,5)6)55(48-45-42-39-36-34-31-26-23-20-17-14-11-8-2)66-57(61)50-47-44-41-38-33-24-21-18-15-12-9-3/h19,22,27-28,45,48,54-55H,7-18,20-21,23-26,29-44,46-47,49-53H2,1-6H3,(H-,58,60,62,63)/b22-19-,28-27-,48-45+. The summed E-state index contributed by atoms with van der Waals surface area (Å²) in [7, 11) is 1.19. The number of phosphoric acid groups is 1. The maximum atomic E-state index is 13.5. The molecule has 3 atom stereocenters. The lowest BCUT2D eigenvalue weighted by Crippen LogP contribution is -2.47. The first-order valence-electron chi connectivity index (χ1n) is 28.3. The van der Waals surface area contributed by atoms with E-state index in [2.05, 4.69) is 50.4 Å². The van der Waals surface area contributed by atoms with Crippen LogP contribution >= 0.6 is 7.82 Å². The zero-order valence-corrected chi connectivity index (χ0v) is 45.8. The van der Waals surface area contributed by atoms with E-state index >= 15 is 0 Å². The molecular weight excluding hydrogens is 856 g/mol. The number of carbonyl (C=O) groups excluding carboxylic acids is 2. The van der Waals surface area contributed by atoms with E-state index in [-0.39, 0.29) is 31.5 Å². The predicted octanol–water partition coefficient (Wildman–Crippen LogP) is 16.1. The molecule has 0 rings (SSSR count). The highest BCUT2D eigenvalue weighted by Crippen LogP contribution is 2.38. The zero-order chi connectivity index (χ0) is 49.4. The number of unbranched alkanes of at least 4 members (excludes halogenated alkanes) is 31. The van der Waals surface area contributed by atoms with Crippen molar-refractivity contribution in [2.45, 2.75) is 277 Å². The largest absolute Gasteiger partial charge is 0.756 e. The third kappa shape index (κ3) is 49.0. The van der Waals surface area contributed by atoms with Crippen LogP contribution in [0, 0.1) is 0 Å². The van der Waals surface area contributed by atoms with Crippen LogP contribution in [0.4, 0.5) is 0 Å². The van der Waals surface area contributed by atoms with E-state index in [1.54, 1.807) is 0 Å². The average Bonchev–Trinajstić information content (AvgIpc) is 3.28. The lowest BCUT2D eigenvalue weighted by Gasteiger charge is -2.30. The number of carbonyl (C=O) groups is 2. The van der Waals surface area contributed by atoms with Crippen molar-refractivity contribution in [3.63, 3.8) is 0 Å². The van der Waals surface area contributed by atoms with E-state index in [1.165, 1.54) is 154 Å². The van der Waals surface area contributed by atoms with Crippen molar-refractivity contribution >= 4 is 19.7 Å². The van der Waals surface area contributed by atoms with Crippen molar-refractivity contribution in [2.24, 2.45) is 0 Å². The molecule has 67 heavy (non-hydrogen) atoms. The molecule has 0 saturated carbocycles. The van der Waals surface area contributed by atoms with Gasteiger partial charge in [0.1, 0.15) is 19.3 Å². The predicted molar refractivity (Wildman–Crippen MR) is 284 cm³/mol. The average molecular weight is 965 g/mol. The molecule has 0 aliphatic rings. The monoisotopic (exact) mass is 965 g/mol. The zero-order valence-electron chi connectivity index (χ0n) is 44.9. The first-order chi connectivity index (χ1) is 32.4. The summed E-state index contributed by atoms with van der Waals surface area (Å²) in [6.45, 7) is 6.81. The van der Waals surface area contributed by atoms with E-state index < -0.39 is 20.0 Å². The highest BCUT2D eigenvalue weighted by Gasteiger charge is 2.27. The van der Waals surface area contributed by atoms with Crippen molar-refractivity contribution in [3.05, 3.63) is 36.5 Å². The Labute approximate surface area is 415 Å². The van der Waals surface area contributed by atoms with Gasteiger partial charge in [0.15, 0.2) is 0 Å². The normalized spacial score (nSPS) is 14.1. The summed E-state index contributed by atoms with van der Waals surface area (Å²) in [4.78, 5) is 39.8. The molecule has 0 heterocycles. The van der Waals surface area contributed by atoms with E-state index in [9.17, 15) is 19.0 Å². The van der Waals surface area contributed by atoms with E-state index in [0.717, 1.165) is 77.0 Å². The maximum absolute atomic E-state index is 13.5. The van der Waals surface area contributed by atoms with Gasteiger partial charge in [-0.15, -0.1) is 0 Å². The van der Waals surface area contributed by atoms with Gasteiger partial charge < -0.3 is 28.5 Å². The number of ether oxygens (including phenoxy) is 1. The minimum Gasteiger partial charge on any atom is -0.756 e. The van der Waals surface area contributed by atoms with Gasteiger partial charge in [-0.2, -0.15) is 0 Å². The Kier molecular flexibility index (Phi) is 46.6. The Morgan fingerprint density at radius 1 is 0.522 bits per heavy atom. The smallest absolute Gasteiger partial charge is 0.306 e. The fourth-order valence-corrected chi connectivity index (χ4v) is 8.86. The highest BCUT2D eigenvalue weighted by atomic mass is 31.2. The SMILES string of the molecule is CCCCC/C=C\C/C=C\CCCCCCCCCC(=O)NC(COP(=O)([O-])OCC[N+](C)(C)C)C(/C=C/CCCCCCCCCCCCC)OC(=O)CCCCCCCCCCCCC. The first-order valence-corrected chi connectivity index (χ1v) is 29.8. The molecule has 10 heteroatoms. The topological polar surface area (TPSA) is 114 Å². The van der Waals surface area contributed by atoms with E-state index in [1.807, 2.05) is 33.3 Å². The lowest BCUT2D eigenvalue weighted by molar-refractivity contribution is -0.870. The highest BCUT2D eigenvalue weighted by molar-refractivity contribution is 7.45. The Balaban J connectivity index is 5.35. The van der Waals surface area contributed by atoms with Crippen molar-refractivity contribution in [1.82, 2.24) is 5.32 Å². The summed E-state index contributed by atoms with van der Waals surface area (Å²) in [6.07, 6.45) is 55.3.